The van der Waals surface area contributed by atoms with Gasteiger partial charge in [-0.3, -0.25) is 0 Å². The van der Waals surface area contributed by atoms with Gasteiger partial charge >= 0.3 is 0 Å². The lowest BCUT2D eigenvalue weighted by Crippen LogP contribution is -2.22. The van der Waals surface area contributed by atoms with Crippen molar-refractivity contribution >= 4 is 37.5 Å². The van der Waals surface area contributed by atoms with Gasteiger partial charge in [0.05, 0.1) is 17.3 Å². The minimum Gasteiger partial charge on any atom is -0.493 e. The summed E-state index contributed by atoms with van der Waals surface area (Å²) in [6.07, 6.45) is 0. The van der Waals surface area contributed by atoms with Gasteiger partial charge in [0.1, 0.15) is 11.5 Å². The van der Waals surface area contributed by atoms with Crippen molar-refractivity contribution in [2.75, 3.05) is 12.4 Å². The Balaban J connectivity index is 1.68. The van der Waals surface area contributed by atoms with Crippen molar-refractivity contribution in [2.45, 2.75) is 18.4 Å². The number of sulfonamides is 1. The van der Waals surface area contributed by atoms with E-state index in [-0.39, 0.29) is 10.7 Å². The Morgan fingerprint density at radius 2 is 1.80 bits per heavy atom. The SMILES string of the molecule is COc1cc(C2=NS(=O)(=O)c3ccccc3N2)cc(Br)c1OCc1ccccc1C. The molecule has 0 saturated carbocycles. The summed E-state index contributed by atoms with van der Waals surface area (Å²) in [5.74, 6) is 1.22. The Bertz CT molecular complexity index is 1260. The summed E-state index contributed by atoms with van der Waals surface area (Å²) < 4.78 is 41.2. The Kier molecular flexibility index (Phi) is 5.53. The molecule has 1 N–H and O–H groups in total. The molecule has 0 radical (unpaired) electrons. The van der Waals surface area contributed by atoms with Crippen molar-refractivity contribution in [2.24, 2.45) is 4.40 Å². The largest absolute Gasteiger partial charge is 0.493 e. The van der Waals surface area contributed by atoms with Crippen molar-refractivity contribution in [3.63, 3.8) is 0 Å². The van der Waals surface area contributed by atoms with Gasteiger partial charge in [-0.15, -0.1) is 4.40 Å². The average molecular weight is 487 g/mol. The predicted molar refractivity (Wildman–Crippen MR) is 120 cm³/mol. The van der Waals surface area contributed by atoms with E-state index in [1.807, 2.05) is 31.2 Å². The standard InChI is InChI=1S/C22H19BrN2O4S/c1-14-7-3-4-8-15(14)13-29-21-17(23)11-16(12-19(21)28-2)22-24-18-9-5-6-10-20(18)30(26,27)25-22/h3-12H,13H2,1-2H3,(H,24,25). The molecule has 1 heterocycles. The van der Waals surface area contributed by atoms with Crippen LogP contribution in [-0.4, -0.2) is 21.4 Å². The van der Waals surface area contributed by atoms with E-state index in [1.54, 1.807) is 30.3 Å². The molecule has 0 unspecified atom stereocenters. The number of hydrogen-bond acceptors (Lipinski definition) is 5. The van der Waals surface area contributed by atoms with E-state index in [2.05, 4.69) is 25.6 Å². The first-order valence-electron chi connectivity index (χ1n) is 9.15. The number of para-hydroxylation sites is 1. The molecule has 30 heavy (non-hydrogen) atoms. The molecule has 4 rings (SSSR count). The van der Waals surface area contributed by atoms with E-state index in [1.165, 1.54) is 13.2 Å². The van der Waals surface area contributed by atoms with Crippen LogP contribution in [0.1, 0.15) is 16.7 Å². The number of aryl methyl sites for hydroxylation is 1. The number of rotatable bonds is 5. The number of nitrogens with zero attached hydrogens (tertiary/aromatic N) is 1. The topological polar surface area (TPSA) is 77.0 Å². The number of hydrogen-bond donors (Lipinski definition) is 1. The van der Waals surface area contributed by atoms with Gasteiger partial charge in [-0.2, -0.15) is 8.42 Å². The second-order valence-corrected chi connectivity index (χ2v) is 9.17. The number of amidine groups is 1. The highest BCUT2D eigenvalue weighted by Gasteiger charge is 2.26. The summed E-state index contributed by atoms with van der Waals surface area (Å²) >= 11 is 3.52. The lowest BCUT2D eigenvalue weighted by atomic mass is 10.1. The van der Waals surface area contributed by atoms with E-state index in [4.69, 9.17) is 9.47 Å². The summed E-state index contributed by atoms with van der Waals surface area (Å²) in [6, 6.07) is 18.1. The van der Waals surface area contributed by atoms with E-state index in [0.717, 1.165) is 11.1 Å². The monoisotopic (exact) mass is 486 g/mol. The van der Waals surface area contributed by atoms with Gasteiger partial charge in [-0.1, -0.05) is 36.4 Å². The zero-order valence-electron chi connectivity index (χ0n) is 16.3. The van der Waals surface area contributed by atoms with Crippen molar-refractivity contribution < 1.29 is 17.9 Å². The third-order valence-electron chi connectivity index (χ3n) is 4.77. The number of nitrogens with one attached hydrogen (secondary N) is 1. The molecule has 0 atom stereocenters. The van der Waals surface area contributed by atoms with Crippen LogP contribution in [0, 0.1) is 6.92 Å². The number of anilines is 1. The highest BCUT2D eigenvalue weighted by atomic mass is 79.9. The molecule has 0 amide bonds. The zero-order valence-corrected chi connectivity index (χ0v) is 18.7. The fraction of sp³-hybridized carbons (Fsp3) is 0.136. The molecule has 0 aliphatic carbocycles. The zero-order chi connectivity index (χ0) is 21.3. The molecule has 8 heteroatoms. The Labute approximate surface area is 183 Å². The summed E-state index contributed by atoms with van der Waals surface area (Å²) in [5.41, 5.74) is 3.24. The molecule has 6 nitrogen and oxygen atoms in total. The van der Waals surface area contributed by atoms with Crippen LogP contribution in [0.25, 0.3) is 0 Å². The lowest BCUT2D eigenvalue weighted by Gasteiger charge is -2.20. The summed E-state index contributed by atoms with van der Waals surface area (Å²) in [4.78, 5) is 0.151. The number of halogens is 1. The maximum absolute atomic E-state index is 12.6. The number of ether oxygens (including phenoxy) is 2. The highest BCUT2D eigenvalue weighted by Crippen LogP contribution is 2.38. The molecule has 0 bridgehead atoms. The van der Waals surface area contributed by atoms with Crippen molar-refractivity contribution in [1.82, 2.24) is 0 Å². The molecular formula is C22H19BrN2O4S. The van der Waals surface area contributed by atoms with Crippen molar-refractivity contribution in [3.8, 4) is 11.5 Å². The fourth-order valence-corrected chi connectivity index (χ4v) is 4.85. The van der Waals surface area contributed by atoms with E-state index in [9.17, 15) is 8.42 Å². The molecule has 1 aliphatic rings. The molecule has 0 spiro atoms. The maximum atomic E-state index is 12.6. The van der Waals surface area contributed by atoms with Gasteiger partial charge in [-0.05, 0) is 58.2 Å². The first kappa shape index (κ1) is 20.4. The van der Waals surface area contributed by atoms with Crippen LogP contribution in [0.4, 0.5) is 5.69 Å². The van der Waals surface area contributed by atoms with E-state index < -0.39 is 10.0 Å². The molecule has 0 aromatic heterocycles. The molecule has 0 fully saturated rings. The van der Waals surface area contributed by atoms with Gasteiger partial charge in [0, 0.05) is 5.56 Å². The maximum Gasteiger partial charge on any atom is 0.286 e. The van der Waals surface area contributed by atoms with Gasteiger partial charge in [-0.25, -0.2) is 0 Å². The number of benzene rings is 3. The second kappa shape index (κ2) is 8.12. The van der Waals surface area contributed by atoms with Crippen LogP contribution in [0.5, 0.6) is 11.5 Å². The molecule has 154 valence electrons. The minimum absolute atomic E-state index is 0.151. The number of fused-ring (bicyclic) bond motifs is 1. The highest BCUT2D eigenvalue weighted by molar-refractivity contribution is 9.10. The third-order valence-corrected chi connectivity index (χ3v) is 6.69. The normalized spacial score (nSPS) is 14.3. The average Bonchev–Trinajstić information content (AvgIpc) is 2.73. The smallest absolute Gasteiger partial charge is 0.286 e. The minimum atomic E-state index is -3.79. The van der Waals surface area contributed by atoms with E-state index >= 15 is 0 Å². The van der Waals surface area contributed by atoms with Crippen LogP contribution >= 0.6 is 15.9 Å². The summed E-state index contributed by atoms with van der Waals surface area (Å²) in [6.45, 7) is 2.40. The Morgan fingerprint density at radius 3 is 2.57 bits per heavy atom. The first-order valence-corrected chi connectivity index (χ1v) is 11.4. The molecule has 3 aromatic rings. The van der Waals surface area contributed by atoms with Crippen molar-refractivity contribution in [3.05, 3.63) is 81.8 Å². The van der Waals surface area contributed by atoms with Gasteiger partial charge in [0.2, 0.25) is 0 Å². The third kappa shape index (κ3) is 3.93. The second-order valence-electron chi connectivity index (χ2n) is 6.74. The van der Waals surface area contributed by atoms with Crippen molar-refractivity contribution in [1.29, 1.82) is 0 Å². The number of methoxy groups -OCH3 is 1. The first-order chi connectivity index (χ1) is 14.4. The predicted octanol–water partition coefficient (Wildman–Crippen LogP) is 4.91. The van der Waals surface area contributed by atoms with Gasteiger partial charge < -0.3 is 14.8 Å². The molecule has 1 aliphatic heterocycles. The van der Waals surface area contributed by atoms with Gasteiger partial charge in [0.15, 0.2) is 17.3 Å². The fourth-order valence-electron chi connectivity index (χ4n) is 3.16. The summed E-state index contributed by atoms with van der Waals surface area (Å²) in [5, 5.41) is 3.09. The summed E-state index contributed by atoms with van der Waals surface area (Å²) in [7, 11) is -2.26. The molecular weight excluding hydrogens is 468 g/mol. The van der Waals surface area contributed by atoms with E-state index in [0.29, 0.717) is 33.8 Å². The lowest BCUT2D eigenvalue weighted by molar-refractivity contribution is 0.282. The Hall–Kier alpha value is -2.84. The van der Waals surface area contributed by atoms with Gasteiger partial charge in [0.25, 0.3) is 10.0 Å². The van der Waals surface area contributed by atoms with Crippen LogP contribution < -0.4 is 14.8 Å². The molecule has 0 saturated heterocycles. The van der Waals surface area contributed by atoms with Crippen LogP contribution in [0.3, 0.4) is 0 Å². The van der Waals surface area contributed by atoms with Crippen LogP contribution in [-0.2, 0) is 16.6 Å². The van der Waals surface area contributed by atoms with Crippen LogP contribution in [0.2, 0.25) is 0 Å². The quantitative estimate of drug-likeness (QED) is 0.554. The van der Waals surface area contributed by atoms with Crippen LogP contribution in [0.15, 0.2) is 74.4 Å². The molecule has 3 aromatic carbocycles. The Morgan fingerprint density at radius 1 is 1.07 bits per heavy atom.